The average Bonchev–Trinajstić information content (AvgIpc) is 3.14. The van der Waals surface area contributed by atoms with Crippen molar-refractivity contribution in [3.63, 3.8) is 0 Å². The highest BCUT2D eigenvalue weighted by molar-refractivity contribution is 6.14. The van der Waals surface area contributed by atoms with Crippen LogP contribution in [-0.4, -0.2) is 41.9 Å². The van der Waals surface area contributed by atoms with Gasteiger partial charge in [0.15, 0.2) is 11.3 Å². The van der Waals surface area contributed by atoms with E-state index in [1.807, 2.05) is 50.3 Å². The number of likely N-dealkylation sites (tertiary alicyclic amines) is 1. The lowest BCUT2D eigenvalue weighted by Crippen LogP contribution is -2.55. The summed E-state index contributed by atoms with van der Waals surface area (Å²) in [5, 5.41) is 0. The van der Waals surface area contributed by atoms with E-state index in [2.05, 4.69) is 0 Å². The fourth-order valence-electron chi connectivity index (χ4n) is 4.26. The molecule has 29 heavy (non-hydrogen) atoms. The first kappa shape index (κ1) is 20.8. The van der Waals surface area contributed by atoms with Crippen LogP contribution < -0.4 is 0 Å². The van der Waals surface area contributed by atoms with E-state index in [0.29, 0.717) is 11.1 Å². The van der Waals surface area contributed by atoms with E-state index in [-0.39, 0.29) is 24.9 Å². The van der Waals surface area contributed by atoms with Crippen molar-refractivity contribution >= 4 is 17.8 Å². The van der Waals surface area contributed by atoms with E-state index in [9.17, 15) is 14.4 Å². The Hall–Kier alpha value is -2.89. The van der Waals surface area contributed by atoms with Crippen LogP contribution >= 0.6 is 0 Å². The number of nitrogens with zero attached hydrogens (tertiary/aromatic N) is 1. The zero-order valence-electron chi connectivity index (χ0n) is 17.5. The first-order valence-corrected chi connectivity index (χ1v) is 9.74. The Morgan fingerprint density at radius 1 is 1.28 bits per heavy atom. The van der Waals surface area contributed by atoms with Crippen molar-refractivity contribution in [3.05, 3.63) is 58.7 Å². The summed E-state index contributed by atoms with van der Waals surface area (Å²) in [7, 11) is 1.29. The predicted octanol–water partition coefficient (Wildman–Crippen LogP) is 3.67. The van der Waals surface area contributed by atoms with Gasteiger partial charge in [-0.05, 0) is 36.5 Å². The SMILES string of the molecule is COC(=O)[C@@]1(C)C2C(=C(C)C(=O)/C2=C\C(C)C)CN1C(=O)OCc1ccccc1. The minimum absolute atomic E-state index is 0.0638. The third-order valence-electron chi connectivity index (χ3n) is 5.73. The Kier molecular flexibility index (Phi) is 5.64. The molecule has 6 heteroatoms. The Balaban J connectivity index is 1.97. The quantitative estimate of drug-likeness (QED) is 0.573. The fraction of sp³-hybridized carbons (Fsp3) is 0.435. The predicted molar refractivity (Wildman–Crippen MR) is 108 cm³/mol. The summed E-state index contributed by atoms with van der Waals surface area (Å²) in [4.78, 5) is 40.1. The molecule has 1 fully saturated rings. The fourth-order valence-corrected chi connectivity index (χ4v) is 4.26. The lowest BCUT2D eigenvalue weighted by Gasteiger charge is -2.35. The number of carbonyl (C=O) groups excluding carboxylic acids is 3. The summed E-state index contributed by atoms with van der Waals surface area (Å²) in [6.07, 6.45) is 1.27. The number of benzene rings is 1. The number of methoxy groups -OCH3 is 1. The minimum atomic E-state index is -1.34. The highest BCUT2D eigenvalue weighted by Gasteiger charge is 2.61. The maximum atomic E-state index is 13.0. The number of Topliss-reactive ketones (excluding diaryl/α,β-unsaturated/α-hetero) is 1. The van der Waals surface area contributed by atoms with Crippen LogP contribution in [0.5, 0.6) is 0 Å². The van der Waals surface area contributed by atoms with Gasteiger partial charge in [-0.1, -0.05) is 50.3 Å². The summed E-state index contributed by atoms with van der Waals surface area (Å²) >= 11 is 0. The van der Waals surface area contributed by atoms with Crippen molar-refractivity contribution in [1.82, 2.24) is 4.90 Å². The van der Waals surface area contributed by atoms with Crippen molar-refractivity contribution in [3.8, 4) is 0 Å². The van der Waals surface area contributed by atoms with Gasteiger partial charge in [0.05, 0.1) is 7.11 Å². The number of ketones is 1. The zero-order chi connectivity index (χ0) is 21.3. The molecular weight excluding hydrogens is 370 g/mol. The van der Waals surface area contributed by atoms with Crippen LogP contribution in [0, 0.1) is 11.8 Å². The molecule has 1 aliphatic carbocycles. The van der Waals surface area contributed by atoms with E-state index in [1.54, 1.807) is 13.8 Å². The number of allylic oxidation sites excluding steroid dienone is 2. The lowest BCUT2D eigenvalue weighted by atomic mass is 9.80. The molecule has 1 aromatic rings. The molecular formula is C23H27NO5. The van der Waals surface area contributed by atoms with E-state index in [1.165, 1.54) is 12.0 Å². The van der Waals surface area contributed by atoms with E-state index < -0.39 is 23.5 Å². The van der Waals surface area contributed by atoms with Gasteiger partial charge in [0.2, 0.25) is 0 Å². The molecule has 0 spiro atoms. The number of rotatable bonds is 4. The highest BCUT2D eigenvalue weighted by atomic mass is 16.6. The largest absolute Gasteiger partial charge is 0.467 e. The van der Waals surface area contributed by atoms with E-state index in [4.69, 9.17) is 9.47 Å². The van der Waals surface area contributed by atoms with Crippen molar-refractivity contribution < 1.29 is 23.9 Å². The molecule has 6 nitrogen and oxygen atoms in total. The molecule has 0 N–H and O–H groups in total. The van der Waals surface area contributed by atoms with Crippen molar-refractivity contribution in [2.75, 3.05) is 13.7 Å². The van der Waals surface area contributed by atoms with E-state index >= 15 is 0 Å². The Labute approximate surface area is 171 Å². The zero-order valence-corrected chi connectivity index (χ0v) is 17.5. The molecule has 1 aliphatic heterocycles. The molecule has 1 heterocycles. The highest BCUT2D eigenvalue weighted by Crippen LogP contribution is 2.50. The van der Waals surface area contributed by atoms with Crippen LogP contribution in [-0.2, 0) is 25.7 Å². The number of amides is 1. The molecule has 2 atom stereocenters. The summed E-state index contributed by atoms with van der Waals surface area (Å²) < 4.78 is 10.6. The molecule has 0 radical (unpaired) electrons. The van der Waals surface area contributed by atoms with Gasteiger partial charge in [-0.25, -0.2) is 9.59 Å². The number of hydrogen-bond acceptors (Lipinski definition) is 5. The molecule has 0 bridgehead atoms. The smallest absolute Gasteiger partial charge is 0.411 e. The van der Waals surface area contributed by atoms with Crippen molar-refractivity contribution in [1.29, 1.82) is 0 Å². The number of esters is 1. The van der Waals surface area contributed by atoms with Crippen LogP contribution in [0.3, 0.4) is 0 Å². The standard InChI is InChI=1S/C23H27NO5/c1-14(2)11-17-19-18(15(3)20(17)25)12-24(23(19,4)21(26)28-5)22(27)29-13-16-9-7-6-8-10-16/h6-11,14,19H,12-13H2,1-5H3/b17-11-/t19?,23-/m1/s1. The van der Waals surface area contributed by atoms with Gasteiger partial charge in [0, 0.05) is 18.0 Å². The van der Waals surface area contributed by atoms with Crippen LogP contribution in [0.1, 0.15) is 33.3 Å². The third kappa shape index (κ3) is 3.48. The third-order valence-corrected chi connectivity index (χ3v) is 5.73. The normalized spacial score (nSPS) is 25.0. The lowest BCUT2D eigenvalue weighted by molar-refractivity contribution is -0.153. The minimum Gasteiger partial charge on any atom is -0.467 e. The Morgan fingerprint density at radius 3 is 2.52 bits per heavy atom. The maximum Gasteiger partial charge on any atom is 0.411 e. The van der Waals surface area contributed by atoms with Gasteiger partial charge < -0.3 is 9.47 Å². The Bertz CT molecular complexity index is 899. The Morgan fingerprint density at radius 2 is 1.93 bits per heavy atom. The molecule has 2 aliphatic rings. The van der Waals surface area contributed by atoms with Crippen molar-refractivity contribution in [2.45, 2.75) is 39.8 Å². The summed E-state index contributed by atoms with van der Waals surface area (Å²) in [6, 6.07) is 9.34. The topological polar surface area (TPSA) is 72.9 Å². The van der Waals surface area contributed by atoms with Gasteiger partial charge in [0.1, 0.15) is 6.61 Å². The molecule has 0 saturated carbocycles. The molecule has 0 aromatic heterocycles. The first-order chi connectivity index (χ1) is 13.7. The maximum absolute atomic E-state index is 13.0. The van der Waals surface area contributed by atoms with Gasteiger partial charge >= 0.3 is 12.1 Å². The van der Waals surface area contributed by atoms with Gasteiger partial charge in [-0.3, -0.25) is 9.69 Å². The van der Waals surface area contributed by atoms with Crippen LogP contribution in [0.25, 0.3) is 0 Å². The average molecular weight is 397 g/mol. The van der Waals surface area contributed by atoms with Gasteiger partial charge in [0.25, 0.3) is 0 Å². The second kappa shape index (κ2) is 7.85. The second-order valence-electron chi connectivity index (χ2n) is 8.04. The summed E-state index contributed by atoms with van der Waals surface area (Å²) in [6.45, 7) is 7.62. The van der Waals surface area contributed by atoms with Gasteiger partial charge in [-0.2, -0.15) is 0 Å². The number of fused-ring (bicyclic) bond motifs is 1. The monoisotopic (exact) mass is 397 g/mol. The number of hydrogen-bond donors (Lipinski definition) is 0. The summed E-state index contributed by atoms with van der Waals surface area (Å²) in [5.74, 6) is -1.02. The summed E-state index contributed by atoms with van der Waals surface area (Å²) in [5.41, 5.74) is 1.44. The van der Waals surface area contributed by atoms with Crippen LogP contribution in [0.4, 0.5) is 4.79 Å². The molecule has 3 rings (SSSR count). The molecule has 1 amide bonds. The molecule has 1 unspecified atom stereocenters. The van der Waals surface area contributed by atoms with E-state index in [0.717, 1.165) is 11.1 Å². The molecule has 154 valence electrons. The van der Waals surface area contributed by atoms with Crippen LogP contribution in [0.15, 0.2) is 53.1 Å². The first-order valence-electron chi connectivity index (χ1n) is 9.74. The van der Waals surface area contributed by atoms with Crippen LogP contribution in [0.2, 0.25) is 0 Å². The molecule has 1 aromatic carbocycles. The molecule has 1 saturated heterocycles. The van der Waals surface area contributed by atoms with Gasteiger partial charge in [-0.15, -0.1) is 0 Å². The second-order valence-corrected chi connectivity index (χ2v) is 8.04. The number of ether oxygens (including phenoxy) is 2. The number of carbonyl (C=O) groups is 3. The van der Waals surface area contributed by atoms with Crippen molar-refractivity contribution in [2.24, 2.45) is 11.8 Å².